The van der Waals surface area contributed by atoms with Gasteiger partial charge in [-0.25, -0.2) is 9.97 Å². The molecule has 0 saturated heterocycles. The number of nitrogens with zero attached hydrogens (tertiary/aromatic N) is 4. The molecular formula is C18H24N4O2. The first-order valence-electron chi connectivity index (χ1n) is 8.05. The van der Waals surface area contributed by atoms with Gasteiger partial charge < -0.3 is 19.3 Å². The second-order valence-electron chi connectivity index (χ2n) is 6.16. The largest absolute Gasteiger partial charge is 0.493 e. The monoisotopic (exact) mass is 328 g/mol. The average molecular weight is 328 g/mol. The first kappa shape index (κ1) is 16.5. The number of aromatic nitrogens is 2. The number of anilines is 1. The van der Waals surface area contributed by atoms with E-state index in [1.165, 1.54) is 5.56 Å². The van der Waals surface area contributed by atoms with E-state index >= 15 is 0 Å². The van der Waals surface area contributed by atoms with Crippen molar-refractivity contribution in [1.29, 1.82) is 0 Å². The molecule has 0 saturated carbocycles. The van der Waals surface area contributed by atoms with E-state index in [1.54, 1.807) is 20.5 Å². The van der Waals surface area contributed by atoms with Gasteiger partial charge in [0.1, 0.15) is 12.1 Å². The minimum atomic E-state index is 0.741. The van der Waals surface area contributed by atoms with E-state index in [4.69, 9.17) is 9.47 Å². The third-order valence-electron chi connectivity index (χ3n) is 4.40. The van der Waals surface area contributed by atoms with Gasteiger partial charge in [-0.1, -0.05) is 6.07 Å². The van der Waals surface area contributed by atoms with Gasteiger partial charge in [0.2, 0.25) is 0 Å². The van der Waals surface area contributed by atoms with Gasteiger partial charge in [-0.2, -0.15) is 0 Å². The lowest BCUT2D eigenvalue weighted by Crippen LogP contribution is -2.30. The molecule has 0 spiro atoms. The normalized spacial score (nSPS) is 14.2. The van der Waals surface area contributed by atoms with E-state index in [0.29, 0.717) is 0 Å². The zero-order valence-electron chi connectivity index (χ0n) is 14.7. The van der Waals surface area contributed by atoms with Crippen LogP contribution in [0, 0.1) is 0 Å². The van der Waals surface area contributed by atoms with Crippen LogP contribution in [0.4, 0.5) is 5.82 Å². The summed E-state index contributed by atoms with van der Waals surface area (Å²) < 4.78 is 10.7. The number of ether oxygens (including phenoxy) is 2. The summed E-state index contributed by atoms with van der Waals surface area (Å²) in [4.78, 5) is 13.5. The molecule has 0 N–H and O–H groups in total. The average Bonchev–Trinajstić information content (AvgIpc) is 2.60. The van der Waals surface area contributed by atoms with Crippen LogP contribution in [0.2, 0.25) is 0 Å². The zero-order chi connectivity index (χ0) is 17.1. The Hall–Kier alpha value is -2.34. The summed E-state index contributed by atoms with van der Waals surface area (Å²) >= 11 is 0. The van der Waals surface area contributed by atoms with Gasteiger partial charge in [0.15, 0.2) is 11.5 Å². The molecule has 24 heavy (non-hydrogen) atoms. The molecule has 0 aliphatic carbocycles. The molecular weight excluding hydrogens is 304 g/mol. The molecule has 2 aromatic rings. The molecule has 128 valence electrons. The van der Waals surface area contributed by atoms with Gasteiger partial charge in [0.25, 0.3) is 0 Å². The van der Waals surface area contributed by atoms with Gasteiger partial charge in [-0.05, 0) is 24.7 Å². The maximum atomic E-state index is 5.39. The highest BCUT2D eigenvalue weighted by molar-refractivity contribution is 5.50. The topological polar surface area (TPSA) is 50.7 Å². The SMILES string of the molecule is COc1ccc(CN(C)c2ncnc3c2CN(C)CC3)cc1OC. The highest BCUT2D eigenvalue weighted by Crippen LogP contribution is 2.29. The molecule has 3 rings (SSSR count). The molecule has 0 fully saturated rings. The Balaban J connectivity index is 1.84. The summed E-state index contributed by atoms with van der Waals surface area (Å²) in [7, 11) is 7.50. The highest BCUT2D eigenvalue weighted by atomic mass is 16.5. The fraction of sp³-hybridized carbons (Fsp3) is 0.444. The van der Waals surface area contributed by atoms with E-state index < -0.39 is 0 Å². The smallest absolute Gasteiger partial charge is 0.161 e. The van der Waals surface area contributed by atoms with Gasteiger partial charge in [0, 0.05) is 38.7 Å². The molecule has 2 heterocycles. The van der Waals surface area contributed by atoms with Gasteiger partial charge in [-0.3, -0.25) is 0 Å². The molecule has 6 nitrogen and oxygen atoms in total. The lowest BCUT2D eigenvalue weighted by atomic mass is 10.1. The van der Waals surface area contributed by atoms with Crippen LogP contribution in [0.1, 0.15) is 16.8 Å². The Morgan fingerprint density at radius 3 is 2.71 bits per heavy atom. The number of likely N-dealkylation sites (N-methyl/N-ethyl adjacent to an activating group) is 1. The van der Waals surface area contributed by atoms with Crippen molar-refractivity contribution in [3.63, 3.8) is 0 Å². The van der Waals surface area contributed by atoms with Crippen LogP contribution in [0.3, 0.4) is 0 Å². The Labute approximate surface area is 143 Å². The number of benzene rings is 1. The predicted molar refractivity (Wildman–Crippen MR) is 93.7 cm³/mol. The molecule has 1 aliphatic heterocycles. The van der Waals surface area contributed by atoms with Crippen molar-refractivity contribution in [1.82, 2.24) is 14.9 Å². The van der Waals surface area contributed by atoms with Crippen molar-refractivity contribution in [3.05, 3.63) is 41.3 Å². The van der Waals surface area contributed by atoms with Crippen LogP contribution < -0.4 is 14.4 Å². The Kier molecular flexibility index (Phi) is 4.85. The maximum absolute atomic E-state index is 5.39. The van der Waals surface area contributed by atoms with Crippen molar-refractivity contribution in [3.8, 4) is 11.5 Å². The second kappa shape index (κ2) is 7.05. The van der Waals surface area contributed by atoms with E-state index in [0.717, 1.165) is 54.6 Å². The van der Waals surface area contributed by atoms with Crippen LogP contribution in [-0.4, -0.2) is 49.7 Å². The molecule has 1 aliphatic rings. The van der Waals surface area contributed by atoms with Crippen molar-refractivity contribution in [2.75, 3.05) is 39.8 Å². The lowest BCUT2D eigenvalue weighted by molar-refractivity contribution is 0.309. The molecule has 0 bridgehead atoms. The zero-order valence-corrected chi connectivity index (χ0v) is 14.7. The van der Waals surface area contributed by atoms with Crippen molar-refractivity contribution < 1.29 is 9.47 Å². The van der Waals surface area contributed by atoms with Crippen LogP contribution in [0.25, 0.3) is 0 Å². The quantitative estimate of drug-likeness (QED) is 0.838. The van der Waals surface area contributed by atoms with Crippen molar-refractivity contribution in [2.24, 2.45) is 0 Å². The molecule has 6 heteroatoms. The Bertz CT molecular complexity index is 720. The summed E-state index contributed by atoms with van der Waals surface area (Å²) in [6, 6.07) is 6.00. The standard InChI is InChI=1S/C18H24N4O2/c1-21-8-7-15-14(11-21)18(20-12-19-15)22(2)10-13-5-6-16(23-3)17(9-13)24-4/h5-6,9,12H,7-8,10-11H2,1-4H3. The molecule has 0 atom stereocenters. The number of hydrogen-bond donors (Lipinski definition) is 0. The Morgan fingerprint density at radius 1 is 1.17 bits per heavy atom. The van der Waals surface area contributed by atoms with Crippen molar-refractivity contribution >= 4 is 5.82 Å². The van der Waals surface area contributed by atoms with Crippen LogP contribution in [0.5, 0.6) is 11.5 Å². The van der Waals surface area contributed by atoms with E-state index in [1.807, 2.05) is 12.1 Å². The van der Waals surface area contributed by atoms with Crippen LogP contribution in [-0.2, 0) is 19.5 Å². The summed E-state index contributed by atoms with van der Waals surface area (Å²) in [5.74, 6) is 2.49. The predicted octanol–water partition coefficient (Wildman–Crippen LogP) is 2.12. The fourth-order valence-corrected chi connectivity index (χ4v) is 3.12. The minimum absolute atomic E-state index is 0.741. The summed E-state index contributed by atoms with van der Waals surface area (Å²) in [5.41, 5.74) is 3.54. The molecule has 1 aromatic heterocycles. The molecule has 0 unspecified atom stereocenters. The van der Waals surface area contributed by atoms with Crippen molar-refractivity contribution in [2.45, 2.75) is 19.5 Å². The molecule has 0 amide bonds. The van der Waals surface area contributed by atoms with Gasteiger partial charge >= 0.3 is 0 Å². The highest BCUT2D eigenvalue weighted by Gasteiger charge is 2.20. The maximum Gasteiger partial charge on any atom is 0.161 e. The summed E-state index contributed by atoms with van der Waals surface area (Å²) in [6.07, 6.45) is 2.65. The summed E-state index contributed by atoms with van der Waals surface area (Å²) in [5, 5.41) is 0. The number of fused-ring (bicyclic) bond motifs is 1. The first-order chi connectivity index (χ1) is 11.6. The number of methoxy groups -OCH3 is 2. The number of hydrogen-bond acceptors (Lipinski definition) is 6. The first-order valence-corrected chi connectivity index (χ1v) is 8.05. The molecule has 0 radical (unpaired) electrons. The molecule has 1 aromatic carbocycles. The minimum Gasteiger partial charge on any atom is -0.493 e. The van der Waals surface area contributed by atoms with Crippen LogP contribution in [0.15, 0.2) is 24.5 Å². The van der Waals surface area contributed by atoms with E-state index in [9.17, 15) is 0 Å². The number of rotatable bonds is 5. The van der Waals surface area contributed by atoms with Gasteiger partial charge in [0.05, 0.1) is 19.9 Å². The van der Waals surface area contributed by atoms with Gasteiger partial charge in [-0.15, -0.1) is 0 Å². The third-order valence-corrected chi connectivity index (χ3v) is 4.40. The van der Waals surface area contributed by atoms with E-state index in [-0.39, 0.29) is 0 Å². The fourth-order valence-electron chi connectivity index (χ4n) is 3.12. The second-order valence-corrected chi connectivity index (χ2v) is 6.16. The lowest BCUT2D eigenvalue weighted by Gasteiger charge is -2.29. The Morgan fingerprint density at radius 2 is 1.96 bits per heavy atom. The van der Waals surface area contributed by atoms with E-state index in [2.05, 4.69) is 39.9 Å². The summed E-state index contributed by atoms with van der Waals surface area (Å²) in [6.45, 7) is 2.68. The third kappa shape index (κ3) is 3.28. The van der Waals surface area contributed by atoms with Crippen LogP contribution >= 0.6 is 0 Å².